The van der Waals surface area contributed by atoms with Gasteiger partial charge >= 0.3 is 18.9 Å². The second-order valence-electron chi connectivity index (χ2n) is 10.5. The van der Waals surface area contributed by atoms with Crippen LogP contribution < -0.4 is 28.5 Å². The summed E-state index contributed by atoms with van der Waals surface area (Å²) in [6.45, 7) is 4.66. The predicted molar refractivity (Wildman–Crippen MR) is 136 cm³/mol. The van der Waals surface area contributed by atoms with E-state index in [-0.39, 0.29) is 70.1 Å². The van der Waals surface area contributed by atoms with E-state index in [1.807, 2.05) is 0 Å². The Morgan fingerprint density at radius 2 is 2.00 bits per heavy atom. The number of anilines is 2. The molecule has 5 rings (SSSR count). The summed E-state index contributed by atoms with van der Waals surface area (Å²) in [5.74, 6) is -0.206. The molecule has 0 aromatic heterocycles. The van der Waals surface area contributed by atoms with Crippen LogP contribution in [0.15, 0.2) is 38.8 Å². The van der Waals surface area contributed by atoms with Gasteiger partial charge in [0.1, 0.15) is 10.5 Å². The number of sulfonamides is 2. The van der Waals surface area contributed by atoms with E-state index >= 15 is 0 Å². The average molecular weight is 543 g/mol. The van der Waals surface area contributed by atoms with E-state index in [0.29, 0.717) is 12.5 Å². The molecule has 10 nitrogen and oxygen atoms in total. The Kier molecular flexibility index (Phi) is 7.29. The van der Waals surface area contributed by atoms with Crippen molar-refractivity contribution in [2.24, 2.45) is 28.1 Å². The van der Waals surface area contributed by atoms with Gasteiger partial charge in [0.15, 0.2) is 5.84 Å². The third-order valence-corrected chi connectivity index (χ3v) is 10.3. The number of hydrogen-bond acceptors (Lipinski definition) is 7. The molecule has 0 radical (unpaired) electrons. The molecule has 1 aromatic rings. The molecule has 0 saturated heterocycles. The summed E-state index contributed by atoms with van der Waals surface area (Å²) < 4.78 is 55.1. The van der Waals surface area contributed by atoms with Crippen LogP contribution in [0.25, 0.3) is 0 Å². The molecule has 4 aliphatic rings. The van der Waals surface area contributed by atoms with Crippen molar-refractivity contribution in [3.8, 4) is 0 Å². The number of amidine groups is 1. The van der Waals surface area contributed by atoms with E-state index in [0.717, 1.165) is 42.3 Å². The van der Waals surface area contributed by atoms with Gasteiger partial charge in [-0.05, 0) is 37.1 Å². The Balaban J connectivity index is 0.00000320. The van der Waals surface area contributed by atoms with Gasteiger partial charge in [-0.15, -0.1) is 10.3 Å². The van der Waals surface area contributed by atoms with Gasteiger partial charge in [0, 0.05) is 7.05 Å². The zero-order valence-corrected chi connectivity index (χ0v) is 23.4. The normalized spacial score (nSPS) is 26.4. The first-order valence-electron chi connectivity index (χ1n) is 12.1. The maximum absolute atomic E-state index is 13.7. The molecule has 2 fully saturated rings. The van der Waals surface area contributed by atoms with E-state index in [4.69, 9.17) is 0 Å². The first-order valence-corrected chi connectivity index (χ1v) is 15.4. The average Bonchev–Trinajstić information content (AvgIpc) is 3.39. The summed E-state index contributed by atoms with van der Waals surface area (Å²) in [5, 5.41) is 14.3. The minimum Gasteiger partial charge on any atom is -0.514 e. The molecule has 0 spiro atoms. The number of aliphatic hydroxyl groups is 1. The van der Waals surface area contributed by atoms with Crippen LogP contribution in [0.2, 0.25) is 0 Å². The zero-order chi connectivity index (χ0) is 26.2. The molecular weight excluding hydrogens is 511 g/mol. The third kappa shape index (κ3) is 4.71. The molecule has 2 N–H and O–H groups in total. The summed E-state index contributed by atoms with van der Waals surface area (Å²) in [7, 11) is -6.56. The van der Waals surface area contributed by atoms with Crippen molar-refractivity contribution in [3.05, 3.63) is 35.6 Å². The van der Waals surface area contributed by atoms with Gasteiger partial charge in [-0.2, -0.15) is 8.42 Å². The van der Waals surface area contributed by atoms with Crippen LogP contribution in [0, 0.1) is 29.7 Å². The number of aliphatic hydroxyl groups excluding tert-OH is 1. The third-order valence-electron chi connectivity index (χ3n) is 7.74. The van der Waals surface area contributed by atoms with Crippen molar-refractivity contribution in [1.82, 2.24) is 4.90 Å². The molecule has 37 heavy (non-hydrogen) atoms. The molecule has 2 saturated carbocycles. The molecular formula is C24H31LiN4O6S2. The minimum atomic E-state index is -4.28. The molecule has 1 aromatic carbocycles. The maximum Gasteiger partial charge on any atom is 1.00 e. The van der Waals surface area contributed by atoms with Crippen LogP contribution in [0.4, 0.5) is 11.4 Å². The van der Waals surface area contributed by atoms with Gasteiger partial charge in [0.05, 0.1) is 23.4 Å². The predicted octanol–water partition coefficient (Wildman–Crippen LogP) is -0.122. The van der Waals surface area contributed by atoms with Gasteiger partial charge in [-0.25, -0.2) is 14.5 Å². The van der Waals surface area contributed by atoms with Crippen LogP contribution in [0.5, 0.6) is 0 Å². The van der Waals surface area contributed by atoms with Crippen molar-refractivity contribution < 1.29 is 45.6 Å². The van der Waals surface area contributed by atoms with Crippen LogP contribution in [-0.4, -0.2) is 58.4 Å². The van der Waals surface area contributed by atoms with Gasteiger partial charge < -0.3 is 15.3 Å². The van der Waals surface area contributed by atoms with Crippen molar-refractivity contribution in [2.75, 3.05) is 29.5 Å². The summed E-state index contributed by atoms with van der Waals surface area (Å²) in [4.78, 5) is 15.3. The van der Waals surface area contributed by atoms with E-state index in [9.17, 15) is 26.7 Å². The van der Waals surface area contributed by atoms with Crippen molar-refractivity contribution in [1.29, 1.82) is 0 Å². The molecule has 3 atom stereocenters. The molecule has 196 valence electrons. The van der Waals surface area contributed by atoms with E-state index in [2.05, 4.69) is 23.6 Å². The first-order chi connectivity index (χ1) is 16.8. The van der Waals surface area contributed by atoms with Gasteiger partial charge in [-0.3, -0.25) is 9.10 Å². The fraction of sp³-hybridized carbons (Fsp3) is 0.542. The quantitative estimate of drug-likeness (QED) is 0.378. The fourth-order valence-corrected chi connectivity index (χ4v) is 7.47. The standard InChI is InChI=1S/C24H31N4O6S2.Li/c1-13(2)9-10-28-21-15-6-5-14(11-15)19(21)22(29)20(24(28)30)23-25-17-8-7-16(27(3)35(4,31)32)12-18(17)36(33,34)26-23;/h7-8,12-15,19,29H,5-6,9-11H2,1-4H3,(H,25,26);/q-1;+1/t14-,15+,19+;/m0./s1. The monoisotopic (exact) mass is 542 g/mol. The first kappa shape index (κ1) is 28.0. The molecule has 1 amide bonds. The summed E-state index contributed by atoms with van der Waals surface area (Å²) in [6.07, 6.45) is 4.67. The molecule has 13 heteroatoms. The van der Waals surface area contributed by atoms with E-state index < -0.39 is 26.0 Å². The Hall–Kier alpha value is -2.00. The van der Waals surface area contributed by atoms with Crippen LogP contribution in [0.1, 0.15) is 39.5 Å². The van der Waals surface area contributed by atoms with Crippen molar-refractivity contribution in [3.63, 3.8) is 0 Å². The Labute approximate surface area is 230 Å². The Bertz CT molecular complexity index is 1410. The minimum absolute atomic E-state index is 0. The van der Waals surface area contributed by atoms with Gasteiger partial charge in [-0.1, -0.05) is 44.9 Å². The number of nitrogens with one attached hydrogen (secondary N) is 1. The number of benzene rings is 1. The summed E-state index contributed by atoms with van der Waals surface area (Å²) in [5.41, 5.74) is 0.221. The fourth-order valence-electron chi connectivity index (χ4n) is 5.84. The largest absolute Gasteiger partial charge is 1.00 e. The van der Waals surface area contributed by atoms with Crippen molar-refractivity contribution >= 4 is 43.2 Å². The second-order valence-corrected chi connectivity index (χ2v) is 14.1. The molecule has 2 aliphatic heterocycles. The number of fused-ring (bicyclic) bond motifs is 6. The topological polar surface area (TPSA) is 136 Å². The number of rotatable bonds is 6. The number of amides is 1. The number of carbonyl (C=O) groups excluding carboxylic acids is 1. The summed E-state index contributed by atoms with van der Waals surface area (Å²) in [6, 6.07) is 5.10. The Morgan fingerprint density at radius 3 is 2.65 bits per heavy atom. The number of hydrogen-bond donors (Lipinski definition) is 2. The number of carbonyl (C=O) groups is 1. The van der Waals surface area contributed by atoms with Crippen LogP contribution in [0.3, 0.4) is 0 Å². The van der Waals surface area contributed by atoms with E-state index in [1.165, 1.54) is 25.2 Å². The van der Waals surface area contributed by atoms with Crippen LogP contribution in [-0.2, 0) is 24.8 Å². The van der Waals surface area contributed by atoms with Crippen molar-refractivity contribution in [2.45, 2.75) is 44.4 Å². The van der Waals surface area contributed by atoms with Gasteiger partial charge in [0.25, 0.3) is 10.0 Å². The van der Waals surface area contributed by atoms with E-state index in [1.54, 1.807) is 4.90 Å². The maximum atomic E-state index is 13.7. The van der Waals surface area contributed by atoms with Crippen LogP contribution >= 0.6 is 0 Å². The number of nitrogens with zero attached hydrogens (tertiary/aromatic N) is 3. The second kappa shape index (κ2) is 9.63. The summed E-state index contributed by atoms with van der Waals surface area (Å²) >= 11 is 0. The van der Waals surface area contributed by atoms with Gasteiger partial charge in [0.2, 0.25) is 15.9 Å². The smallest absolute Gasteiger partial charge is 0.514 e. The SMILES string of the molecule is CC(C)CCN1C(=O)C(C2=NS(=O)(=O)c3cc(N(C)S(C)(=O)=O)ccc3N2)=C(O)[C@H]2[C-]1[C@@H]1CC[C@H]2C1.[Li+]. The molecule has 0 unspecified atom stereocenters. The Morgan fingerprint density at radius 1 is 1.30 bits per heavy atom. The zero-order valence-electron chi connectivity index (χ0n) is 21.7. The molecule has 2 aliphatic carbocycles. The molecule has 2 bridgehead atoms. The molecule has 2 heterocycles.